The van der Waals surface area contributed by atoms with E-state index in [-0.39, 0.29) is 5.91 Å². The number of carbonyl (C=O) groups is 1. The number of halogens is 1. The topological polar surface area (TPSA) is 20.3 Å². The molecule has 1 heterocycles. The Morgan fingerprint density at radius 1 is 1.33 bits per heavy atom. The van der Waals surface area contributed by atoms with Crippen LogP contribution in [0.5, 0.6) is 0 Å². The van der Waals surface area contributed by atoms with Crippen molar-refractivity contribution in [2.45, 2.75) is 25.6 Å². The minimum absolute atomic E-state index is 0.0472. The van der Waals surface area contributed by atoms with Crippen molar-refractivity contribution in [3.63, 3.8) is 0 Å². The summed E-state index contributed by atoms with van der Waals surface area (Å²) in [4.78, 5) is 14.2. The largest absolute Gasteiger partial charge is 0.341 e. The molecule has 0 saturated carbocycles. The summed E-state index contributed by atoms with van der Waals surface area (Å²) >= 11 is 6.27. The van der Waals surface area contributed by atoms with Crippen molar-refractivity contribution in [1.82, 2.24) is 4.90 Å². The summed E-state index contributed by atoms with van der Waals surface area (Å²) in [6.45, 7) is 6.13. The standard InChI is InChI=1S/C15H20ClNO/c1-11(2)13-8-9-17(10-13)15(18)14(16)12-6-4-3-5-7-12/h3-7,11,13-14H,8-10H2,1-2H3. The van der Waals surface area contributed by atoms with Crippen LogP contribution in [0.4, 0.5) is 0 Å². The third-order valence-electron chi connectivity index (χ3n) is 3.79. The van der Waals surface area contributed by atoms with Crippen LogP contribution in [0.3, 0.4) is 0 Å². The second-order valence-electron chi connectivity index (χ2n) is 5.35. The molecule has 1 aliphatic rings. The first-order valence-electron chi connectivity index (χ1n) is 6.57. The summed E-state index contributed by atoms with van der Waals surface area (Å²) in [5.74, 6) is 1.30. The molecule has 0 radical (unpaired) electrons. The van der Waals surface area contributed by atoms with E-state index in [2.05, 4.69) is 13.8 Å². The maximum Gasteiger partial charge on any atom is 0.245 e. The highest BCUT2D eigenvalue weighted by Crippen LogP contribution is 2.29. The van der Waals surface area contributed by atoms with Gasteiger partial charge in [0.1, 0.15) is 5.38 Å². The van der Waals surface area contributed by atoms with Crippen molar-refractivity contribution < 1.29 is 4.79 Å². The van der Waals surface area contributed by atoms with Crippen LogP contribution >= 0.6 is 11.6 Å². The molecule has 0 N–H and O–H groups in total. The smallest absolute Gasteiger partial charge is 0.245 e. The highest BCUT2D eigenvalue weighted by molar-refractivity contribution is 6.30. The Hall–Kier alpha value is -1.02. The number of hydrogen-bond acceptors (Lipinski definition) is 1. The van der Waals surface area contributed by atoms with Gasteiger partial charge in [-0.1, -0.05) is 44.2 Å². The minimum Gasteiger partial charge on any atom is -0.341 e. The lowest BCUT2D eigenvalue weighted by molar-refractivity contribution is -0.130. The van der Waals surface area contributed by atoms with Gasteiger partial charge in [-0.15, -0.1) is 11.6 Å². The fraction of sp³-hybridized carbons (Fsp3) is 0.533. The van der Waals surface area contributed by atoms with Crippen LogP contribution in [0, 0.1) is 11.8 Å². The van der Waals surface area contributed by atoms with Crippen molar-refractivity contribution in [3.05, 3.63) is 35.9 Å². The summed E-state index contributed by atoms with van der Waals surface area (Å²) in [5, 5.41) is -0.544. The minimum atomic E-state index is -0.544. The molecule has 2 atom stereocenters. The zero-order valence-electron chi connectivity index (χ0n) is 11.0. The molecule has 2 nitrogen and oxygen atoms in total. The van der Waals surface area contributed by atoms with Gasteiger partial charge < -0.3 is 4.90 Å². The summed E-state index contributed by atoms with van der Waals surface area (Å²) in [6, 6.07) is 9.58. The molecule has 1 saturated heterocycles. The van der Waals surface area contributed by atoms with E-state index in [0.717, 1.165) is 25.1 Å². The van der Waals surface area contributed by atoms with E-state index in [1.54, 1.807) is 0 Å². The van der Waals surface area contributed by atoms with E-state index in [1.165, 1.54) is 0 Å². The highest BCUT2D eigenvalue weighted by Gasteiger charge is 2.31. The van der Waals surface area contributed by atoms with E-state index < -0.39 is 5.38 Å². The maximum absolute atomic E-state index is 12.3. The molecule has 1 aromatic rings. The molecule has 0 aromatic heterocycles. The number of likely N-dealkylation sites (tertiary alicyclic amines) is 1. The Morgan fingerprint density at radius 2 is 2.00 bits per heavy atom. The second-order valence-corrected chi connectivity index (χ2v) is 5.79. The van der Waals surface area contributed by atoms with Crippen LogP contribution in [0.15, 0.2) is 30.3 Å². The molecule has 1 amide bonds. The van der Waals surface area contributed by atoms with E-state index >= 15 is 0 Å². The van der Waals surface area contributed by atoms with Gasteiger partial charge in [0, 0.05) is 13.1 Å². The molecule has 18 heavy (non-hydrogen) atoms. The molecule has 3 heteroatoms. The Balaban J connectivity index is 2.00. The van der Waals surface area contributed by atoms with E-state index in [0.29, 0.717) is 11.8 Å². The Morgan fingerprint density at radius 3 is 2.56 bits per heavy atom. The number of carbonyl (C=O) groups excluding carboxylic acids is 1. The third kappa shape index (κ3) is 2.86. The molecule has 0 bridgehead atoms. The zero-order valence-corrected chi connectivity index (χ0v) is 11.7. The van der Waals surface area contributed by atoms with Crippen LogP contribution in [0.2, 0.25) is 0 Å². The predicted molar refractivity (Wildman–Crippen MR) is 74.6 cm³/mol. The quantitative estimate of drug-likeness (QED) is 0.767. The fourth-order valence-corrected chi connectivity index (χ4v) is 2.74. The van der Waals surface area contributed by atoms with Gasteiger partial charge in [-0.2, -0.15) is 0 Å². The molecular weight excluding hydrogens is 246 g/mol. The molecular formula is C15H20ClNO. The highest BCUT2D eigenvalue weighted by atomic mass is 35.5. The first-order chi connectivity index (χ1) is 8.59. The number of benzene rings is 1. The summed E-state index contributed by atoms with van der Waals surface area (Å²) in [5.41, 5.74) is 0.886. The normalized spacial score (nSPS) is 21.3. The first kappa shape index (κ1) is 13.4. The van der Waals surface area contributed by atoms with Gasteiger partial charge in [-0.3, -0.25) is 4.79 Å². The van der Waals surface area contributed by atoms with Crippen molar-refractivity contribution in [1.29, 1.82) is 0 Å². The molecule has 98 valence electrons. The number of rotatable bonds is 3. The third-order valence-corrected chi connectivity index (χ3v) is 4.23. The molecule has 1 fully saturated rings. The summed E-state index contributed by atoms with van der Waals surface area (Å²) in [6.07, 6.45) is 1.10. The van der Waals surface area contributed by atoms with Crippen molar-refractivity contribution in [2.24, 2.45) is 11.8 Å². The number of alkyl halides is 1. The Kier molecular flexibility index (Phi) is 4.28. The van der Waals surface area contributed by atoms with Crippen molar-refractivity contribution in [3.8, 4) is 0 Å². The maximum atomic E-state index is 12.3. The van der Waals surface area contributed by atoms with Crippen LogP contribution in [0.1, 0.15) is 31.2 Å². The molecule has 0 spiro atoms. The van der Waals surface area contributed by atoms with Gasteiger partial charge in [0.2, 0.25) is 5.91 Å². The molecule has 2 rings (SSSR count). The van der Waals surface area contributed by atoms with Crippen LogP contribution in [-0.2, 0) is 4.79 Å². The molecule has 2 unspecified atom stereocenters. The van der Waals surface area contributed by atoms with Gasteiger partial charge in [0.05, 0.1) is 0 Å². The summed E-state index contributed by atoms with van der Waals surface area (Å²) in [7, 11) is 0. The first-order valence-corrected chi connectivity index (χ1v) is 7.01. The van der Waals surface area contributed by atoms with Crippen molar-refractivity contribution in [2.75, 3.05) is 13.1 Å². The van der Waals surface area contributed by atoms with Crippen LogP contribution in [-0.4, -0.2) is 23.9 Å². The Bertz CT molecular complexity index is 404. The average Bonchev–Trinajstić information content (AvgIpc) is 2.88. The Labute approximate surface area is 114 Å². The van der Waals surface area contributed by atoms with E-state index in [4.69, 9.17) is 11.6 Å². The van der Waals surface area contributed by atoms with E-state index in [9.17, 15) is 4.79 Å². The monoisotopic (exact) mass is 265 g/mol. The van der Waals surface area contributed by atoms with Crippen LogP contribution in [0.25, 0.3) is 0 Å². The lowest BCUT2D eigenvalue weighted by Gasteiger charge is -2.21. The second kappa shape index (κ2) is 5.75. The molecule has 1 aromatic carbocycles. The van der Waals surface area contributed by atoms with Gasteiger partial charge in [-0.25, -0.2) is 0 Å². The van der Waals surface area contributed by atoms with Gasteiger partial charge >= 0.3 is 0 Å². The number of nitrogens with zero attached hydrogens (tertiary/aromatic N) is 1. The predicted octanol–water partition coefficient (Wildman–Crippen LogP) is 3.47. The van der Waals surface area contributed by atoms with E-state index in [1.807, 2.05) is 35.2 Å². The zero-order chi connectivity index (χ0) is 13.1. The molecule has 1 aliphatic heterocycles. The van der Waals surface area contributed by atoms with Crippen molar-refractivity contribution >= 4 is 17.5 Å². The number of hydrogen-bond donors (Lipinski definition) is 0. The van der Waals surface area contributed by atoms with Crippen LogP contribution < -0.4 is 0 Å². The average molecular weight is 266 g/mol. The van der Waals surface area contributed by atoms with Gasteiger partial charge in [0.15, 0.2) is 0 Å². The molecule has 0 aliphatic carbocycles. The fourth-order valence-electron chi connectivity index (χ4n) is 2.46. The lowest BCUT2D eigenvalue weighted by Crippen LogP contribution is -2.32. The van der Waals surface area contributed by atoms with Gasteiger partial charge in [-0.05, 0) is 23.8 Å². The number of amides is 1. The summed E-state index contributed by atoms with van der Waals surface area (Å²) < 4.78 is 0. The lowest BCUT2D eigenvalue weighted by atomic mass is 9.95. The van der Waals surface area contributed by atoms with Gasteiger partial charge in [0.25, 0.3) is 0 Å². The SMILES string of the molecule is CC(C)C1CCN(C(=O)C(Cl)c2ccccc2)C1.